The number of rotatable bonds is 5. The van der Waals surface area contributed by atoms with Gasteiger partial charge in [0, 0.05) is 18.3 Å². The molecule has 1 aliphatic heterocycles. The largest absolute Gasteiger partial charge is 0.350 e. The van der Waals surface area contributed by atoms with Crippen molar-refractivity contribution in [3.05, 3.63) is 94.7 Å². The highest BCUT2D eigenvalue weighted by molar-refractivity contribution is 6.46. The monoisotopic (exact) mass is 439 g/mol. The number of carbonyl (C=O) groups excluding carboxylic acids is 3. The average Bonchev–Trinajstić information content (AvgIpc) is 2.99. The van der Waals surface area contributed by atoms with Gasteiger partial charge >= 0.3 is 0 Å². The van der Waals surface area contributed by atoms with E-state index in [1.165, 1.54) is 11.8 Å². The first kappa shape index (κ1) is 22.0. The van der Waals surface area contributed by atoms with Crippen molar-refractivity contribution in [2.24, 2.45) is 0 Å². The lowest BCUT2D eigenvalue weighted by molar-refractivity contribution is -0.120. The first-order chi connectivity index (χ1) is 15.7. The molecule has 1 heterocycles. The molecule has 0 unspecified atom stereocenters. The maximum atomic E-state index is 13.6. The molecule has 1 aliphatic rings. The van der Waals surface area contributed by atoms with Crippen LogP contribution in [0.2, 0.25) is 0 Å². The number of imide groups is 1. The summed E-state index contributed by atoms with van der Waals surface area (Å²) in [6, 6.07) is 20.2. The minimum Gasteiger partial charge on any atom is -0.350 e. The molecule has 0 spiro atoms. The van der Waals surface area contributed by atoms with Crippen molar-refractivity contribution in [2.45, 2.75) is 27.7 Å². The van der Waals surface area contributed by atoms with Crippen LogP contribution in [-0.2, 0) is 14.4 Å². The van der Waals surface area contributed by atoms with Gasteiger partial charge in [-0.15, -0.1) is 0 Å². The number of carbonyl (C=O) groups is 3. The van der Waals surface area contributed by atoms with Crippen molar-refractivity contribution in [1.29, 1.82) is 0 Å². The molecule has 0 bridgehead atoms. The van der Waals surface area contributed by atoms with Gasteiger partial charge in [0.25, 0.3) is 11.8 Å². The summed E-state index contributed by atoms with van der Waals surface area (Å²) in [4.78, 5) is 39.8. The fraction of sp³-hybridized carbons (Fsp3) is 0.148. The molecule has 0 aromatic heterocycles. The van der Waals surface area contributed by atoms with E-state index in [0.29, 0.717) is 16.9 Å². The van der Waals surface area contributed by atoms with Gasteiger partial charge in [-0.1, -0.05) is 36.4 Å². The summed E-state index contributed by atoms with van der Waals surface area (Å²) in [5.41, 5.74) is 5.89. The van der Waals surface area contributed by atoms with E-state index in [1.807, 2.05) is 63.2 Å². The number of nitrogens with one attached hydrogen (secondary N) is 2. The molecule has 0 saturated carbocycles. The second kappa shape index (κ2) is 8.74. The quantitative estimate of drug-likeness (QED) is 0.551. The van der Waals surface area contributed by atoms with Crippen LogP contribution in [0.1, 0.15) is 29.2 Å². The normalized spacial score (nSPS) is 13.5. The summed E-state index contributed by atoms with van der Waals surface area (Å²) < 4.78 is 0. The number of anilines is 3. The van der Waals surface area contributed by atoms with E-state index in [2.05, 4.69) is 10.6 Å². The van der Waals surface area contributed by atoms with Gasteiger partial charge in [0.15, 0.2) is 0 Å². The summed E-state index contributed by atoms with van der Waals surface area (Å²) in [6.07, 6.45) is 0. The van der Waals surface area contributed by atoms with Crippen molar-refractivity contribution in [3.63, 3.8) is 0 Å². The standard InChI is InChI=1S/C27H25N3O3/c1-16-13-17(2)15-22(14-16)30-26(32)24(20-9-11-21(12-10-20)28-19(4)31)25(27(30)33)29-23-8-6-5-7-18(23)3/h5-15,29H,1-4H3,(H,28,31). The molecule has 0 saturated heterocycles. The van der Waals surface area contributed by atoms with Crippen LogP contribution < -0.4 is 15.5 Å². The summed E-state index contributed by atoms with van der Waals surface area (Å²) >= 11 is 0. The molecular formula is C27H25N3O3. The Morgan fingerprint density at radius 3 is 2.06 bits per heavy atom. The van der Waals surface area contributed by atoms with Gasteiger partial charge < -0.3 is 10.6 Å². The molecule has 3 aromatic carbocycles. The molecular weight excluding hydrogens is 414 g/mol. The third kappa shape index (κ3) is 4.41. The number of benzene rings is 3. The van der Waals surface area contributed by atoms with Gasteiger partial charge in [-0.2, -0.15) is 0 Å². The molecule has 0 fully saturated rings. The van der Waals surface area contributed by atoms with Crippen LogP contribution in [0, 0.1) is 20.8 Å². The van der Waals surface area contributed by atoms with Crippen molar-refractivity contribution >= 4 is 40.4 Å². The second-order valence-corrected chi connectivity index (χ2v) is 8.24. The Labute approximate surface area is 192 Å². The zero-order valence-corrected chi connectivity index (χ0v) is 19.0. The molecule has 4 rings (SSSR count). The molecule has 3 aromatic rings. The average molecular weight is 440 g/mol. The summed E-state index contributed by atoms with van der Waals surface area (Å²) in [6.45, 7) is 7.24. The number of amides is 3. The van der Waals surface area contributed by atoms with Crippen molar-refractivity contribution in [1.82, 2.24) is 0 Å². The van der Waals surface area contributed by atoms with Crippen LogP contribution in [0.4, 0.5) is 17.1 Å². The third-order valence-electron chi connectivity index (χ3n) is 5.45. The van der Waals surface area contributed by atoms with Crippen molar-refractivity contribution in [3.8, 4) is 0 Å². The Bertz CT molecular complexity index is 1290. The van der Waals surface area contributed by atoms with Crippen molar-refractivity contribution < 1.29 is 14.4 Å². The Balaban J connectivity index is 1.82. The fourth-order valence-corrected chi connectivity index (χ4v) is 4.00. The number of hydrogen-bond acceptors (Lipinski definition) is 4. The van der Waals surface area contributed by atoms with Gasteiger partial charge in [-0.05, 0) is 73.4 Å². The third-order valence-corrected chi connectivity index (χ3v) is 5.45. The molecule has 2 N–H and O–H groups in total. The lowest BCUT2D eigenvalue weighted by atomic mass is 10.0. The van der Waals surface area contributed by atoms with Crippen molar-refractivity contribution in [2.75, 3.05) is 15.5 Å². The topological polar surface area (TPSA) is 78.5 Å². The SMILES string of the molecule is CC(=O)Nc1ccc(C2=C(Nc3ccccc3C)C(=O)N(c3cc(C)cc(C)c3)C2=O)cc1. The fourth-order valence-electron chi connectivity index (χ4n) is 4.00. The summed E-state index contributed by atoms with van der Waals surface area (Å²) in [5, 5.41) is 5.93. The lowest BCUT2D eigenvalue weighted by Crippen LogP contribution is -2.32. The molecule has 6 heteroatoms. The first-order valence-corrected chi connectivity index (χ1v) is 10.7. The van der Waals surface area contributed by atoms with Gasteiger partial charge in [0.2, 0.25) is 5.91 Å². The minimum absolute atomic E-state index is 0.183. The molecule has 0 aliphatic carbocycles. The number of hydrogen-bond donors (Lipinski definition) is 2. The summed E-state index contributed by atoms with van der Waals surface area (Å²) in [7, 11) is 0. The van der Waals surface area contributed by atoms with Crippen LogP contribution in [0.15, 0.2) is 72.4 Å². The minimum atomic E-state index is -0.408. The molecule has 6 nitrogen and oxygen atoms in total. The molecule has 0 atom stereocenters. The molecule has 33 heavy (non-hydrogen) atoms. The highest BCUT2D eigenvalue weighted by atomic mass is 16.2. The van der Waals surface area contributed by atoms with E-state index in [-0.39, 0.29) is 17.2 Å². The predicted octanol–water partition coefficient (Wildman–Crippen LogP) is 4.97. The predicted molar refractivity (Wildman–Crippen MR) is 131 cm³/mol. The number of nitrogens with zero attached hydrogens (tertiary/aromatic N) is 1. The smallest absolute Gasteiger partial charge is 0.282 e. The Morgan fingerprint density at radius 1 is 0.818 bits per heavy atom. The maximum Gasteiger partial charge on any atom is 0.282 e. The van der Waals surface area contributed by atoms with Crippen LogP contribution in [-0.4, -0.2) is 17.7 Å². The van der Waals surface area contributed by atoms with Gasteiger partial charge in [0.05, 0.1) is 11.3 Å². The van der Waals surface area contributed by atoms with E-state index in [0.717, 1.165) is 22.4 Å². The molecule has 166 valence electrons. The Kier molecular flexibility index (Phi) is 5.84. The number of para-hydroxylation sites is 1. The van der Waals surface area contributed by atoms with Crippen LogP contribution in [0.3, 0.4) is 0 Å². The van der Waals surface area contributed by atoms with E-state index in [1.54, 1.807) is 24.3 Å². The van der Waals surface area contributed by atoms with E-state index in [9.17, 15) is 14.4 Å². The van der Waals surface area contributed by atoms with Crippen LogP contribution >= 0.6 is 0 Å². The highest BCUT2D eigenvalue weighted by Gasteiger charge is 2.40. The second-order valence-electron chi connectivity index (χ2n) is 8.24. The van der Waals surface area contributed by atoms with Crippen LogP contribution in [0.25, 0.3) is 5.57 Å². The summed E-state index contributed by atoms with van der Waals surface area (Å²) in [5.74, 6) is -0.987. The maximum absolute atomic E-state index is 13.6. The number of aryl methyl sites for hydroxylation is 3. The molecule has 0 radical (unpaired) electrons. The first-order valence-electron chi connectivity index (χ1n) is 10.7. The Morgan fingerprint density at radius 2 is 1.45 bits per heavy atom. The lowest BCUT2D eigenvalue weighted by Gasteiger charge is -2.17. The highest BCUT2D eigenvalue weighted by Crippen LogP contribution is 2.35. The Hall–Kier alpha value is -4.19. The van der Waals surface area contributed by atoms with E-state index in [4.69, 9.17) is 0 Å². The molecule has 3 amide bonds. The zero-order chi connectivity index (χ0) is 23.7. The van der Waals surface area contributed by atoms with Gasteiger partial charge in [-0.3, -0.25) is 14.4 Å². The van der Waals surface area contributed by atoms with Gasteiger partial charge in [-0.25, -0.2) is 4.90 Å². The zero-order valence-electron chi connectivity index (χ0n) is 19.0. The van der Waals surface area contributed by atoms with E-state index < -0.39 is 11.8 Å². The van der Waals surface area contributed by atoms with Gasteiger partial charge in [0.1, 0.15) is 5.70 Å². The van der Waals surface area contributed by atoms with E-state index >= 15 is 0 Å². The van der Waals surface area contributed by atoms with Crippen LogP contribution in [0.5, 0.6) is 0 Å².